The van der Waals surface area contributed by atoms with Crippen molar-refractivity contribution in [1.82, 2.24) is 0 Å². The molecule has 0 saturated carbocycles. The third-order valence-electron chi connectivity index (χ3n) is 1.61. The predicted molar refractivity (Wildman–Crippen MR) is 50.2 cm³/mol. The Bertz CT molecular complexity index is 284. The monoisotopic (exact) mass is 164 g/mol. The van der Waals surface area contributed by atoms with Crippen LogP contribution in [0, 0.1) is 0 Å². The summed E-state index contributed by atoms with van der Waals surface area (Å²) in [6.07, 6.45) is 2.45. The highest BCUT2D eigenvalue weighted by Crippen LogP contribution is 2.18. The Morgan fingerprint density at radius 1 is 1.58 bits per heavy atom. The molecule has 0 spiro atoms. The number of nitrogens with two attached hydrogens (primary N) is 1. The van der Waals surface area contributed by atoms with Crippen LogP contribution in [0.1, 0.15) is 5.56 Å². The van der Waals surface area contributed by atoms with Gasteiger partial charge in [0.05, 0.1) is 5.69 Å². The van der Waals surface area contributed by atoms with Gasteiger partial charge in [-0.15, -0.1) is 6.58 Å². The lowest BCUT2D eigenvalue weighted by Gasteiger charge is -2.06. The largest absolute Gasteiger partial charge is 0.399 e. The van der Waals surface area contributed by atoms with E-state index in [9.17, 15) is 0 Å². The fraction of sp³-hybridized carbons (Fsp3) is 0.111. The molecule has 3 heteroatoms. The zero-order chi connectivity index (χ0) is 8.97. The molecule has 0 aromatic heterocycles. The van der Waals surface area contributed by atoms with Gasteiger partial charge < -0.3 is 5.73 Å². The van der Waals surface area contributed by atoms with Gasteiger partial charge in [0.25, 0.3) is 0 Å². The normalized spacial score (nSPS) is 9.42. The zero-order valence-electron chi connectivity index (χ0n) is 6.75. The molecular weight excluding hydrogens is 152 g/mol. The molecule has 0 aliphatic heterocycles. The molecular formula is C9H12N2O. The van der Waals surface area contributed by atoms with E-state index >= 15 is 0 Å². The van der Waals surface area contributed by atoms with Gasteiger partial charge in [-0.2, -0.15) is 0 Å². The molecule has 0 aliphatic rings. The third-order valence-corrected chi connectivity index (χ3v) is 1.61. The van der Waals surface area contributed by atoms with Gasteiger partial charge in [-0.05, 0) is 30.2 Å². The molecule has 1 aromatic rings. The zero-order valence-corrected chi connectivity index (χ0v) is 6.75. The van der Waals surface area contributed by atoms with Crippen molar-refractivity contribution in [3.63, 3.8) is 0 Å². The van der Waals surface area contributed by atoms with Gasteiger partial charge in [0.15, 0.2) is 0 Å². The maximum Gasteiger partial charge on any atom is 0.0638 e. The number of hydrogen-bond acceptors (Lipinski definition) is 3. The quantitative estimate of drug-likeness (QED) is 0.362. The Hall–Kier alpha value is -1.48. The molecule has 1 aromatic carbocycles. The summed E-state index contributed by atoms with van der Waals surface area (Å²) in [6.45, 7) is 3.61. The summed E-state index contributed by atoms with van der Waals surface area (Å²) in [5.41, 5.74) is 9.97. The van der Waals surface area contributed by atoms with E-state index in [1.54, 1.807) is 24.3 Å². The molecule has 0 bridgehead atoms. The van der Waals surface area contributed by atoms with Gasteiger partial charge in [-0.25, -0.2) is 0 Å². The van der Waals surface area contributed by atoms with Crippen molar-refractivity contribution in [3.05, 3.63) is 36.4 Å². The Labute approximate surface area is 71.5 Å². The summed E-state index contributed by atoms with van der Waals surface area (Å²) >= 11 is 0. The Morgan fingerprint density at radius 2 is 2.33 bits per heavy atom. The smallest absolute Gasteiger partial charge is 0.0638 e. The van der Waals surface area contributed by atoms with E-state index in [0.29, 0.717) is 17.8 Å². The van der Waals surface area contributed by atoms with Crippen molar-refractivity contribution in [2.24, 2.45) is 0 Å². The molecule has 3 nitrogen and oxygen atoms in total. The molecule has 64 valence electrons. The minimum absolute atomic E-state index is 0.670. The first-order chi connectivity index (χ1) is 5.77. The summed E-state index contributed by atoms with van der Waals surface area (Å²) in [7, 11) is 0. The van der Waals surface area contributed by atoms with Gasteiger partial charge in [0.2, 0.25) is 0 Å². The van der Waals surface area contributed by atoms with Gasteiger partial charge in [0.1, 0.15) is 0 Å². The highest BCUT2D eigenvalue weighted by atomic mass is 16.5. The lowest BCUT2D eigenvalue weighted by molar-refractivity contribution is 0.388. The number of benzene rings is 1. The van der Waals surface area contributed by atoms with Crippen LogP contribution in [-0.4, -0.2) is 5.21 Å². The maximum atomic E-state index is 8.71. The van der Waals surface area contributed by atoms with Crippen molar-refractivity contribution < 1.29 is 5.21 Å². The summed E-state index contributed by atoms with van der Waals surface area (Å²) in [5.74, 6) is 0. The van der Waals surface area contributed by atoms with Gasteiger partial charge in [-0.3, -0.25) is 10.7 Å². The van der Waals surface area contributed by atoms with Crippen LogP contribution in [0.2, 0.25) is 0 Å². The third kappa shape index (κ3) is 1.77. The van der Waals surface area contributed by atoms with Crippen molar-refractivity contribution in [2.45, 2.75) is 6.42 Å². The highest BCUT2D eigenvalue weighted by Gasteiger charge is 1.99. The summed E-state index contributed by atoms with van der Waals surface area (Å²) in [5, 5.41) is 8.71. The van der Waals surface area contributed by atoms with Crippen LogP contribution in [0.15, 0.2) is 30.9 Å². The van der Waals surface area contributed by atoms with Gasteiger partial charge in [-0.1, -0.05) is 6.08 Å². The first-order valence-electron chi connectivity index (χ1n) is 3.67. The summed E-state index contributed by atoms with van der Waals surface area (Å²) < 4.78 is 0. The maximum absolute atomic E-state index is 8.71. The van der Waals surface area contributed by atoms with Crippen LogP contribution in [0.5, 0.6) is 0 Å². The fourth-order valence-electron chi connectivity index (χ4n) is 1.05. The van der Waals surface area contributed by atoms with Crippen LogP contribution in [0.4, 0.5) is 11.4 Å². The van der Waals surface area contributed by atoms with E-state index in [4.69, 9.17) is 10.9 Å². The highest BCUT2D eigenvalue weighted by molar-refractivity contribution is 5.57. The molecule has 0 radical (unpaired) electrons. The lowest BCUT2D eigenvalue weighted by Crippen LogP contribution is -1.96. The Balaban J connectivity index is 3.03. The molecule has 12 heavy (non-hydrogen) atoms. The topological polar surface area (TPSA) is 58.3 Å². The average Bonchev–Trinajstić information content (AvgIpc) is 2.05. The second-order valence-electron chi connectivity index (χ2n) is 2.52. The second kappa shape index (κ2) is 3.78. The minimum atomic E-state index is 0.670. The predicted octanol–water partition coefficient (Wildman–Crippen LogP) is 1.80. The lowest BCUT2D eigenvalue weighted by atomic mass is 10.1. The molecule has 0 unspecified atom stereocenters. The molecule has 0 amide bonds. The Kier molecular flexibility index (Phi) is 2.71. The first-order valence-corrected chi connectivity index (χ1v) is 3.67. The number of anilines is 2. The number of hydrogen-bond donors (Lipinski definition) is 3. The molecule has 0 fully saturated rings. The van der Waals surface area contributed by atoms with Gasteiger partial charge in [0, 0.05) is 5.69 Å². The first kappa shape index (κ1) is 8.62. The van der Waals surface area contributed by atoms with Crippen molar-refractivity contribution in [2.75, 3.05) is 11.2 Å². The number of nitrogens with one attached hydrogen (secondary N) is 1. The minimum Gasteiger partial charge on any atom is -0.399 e. The van der Waals surface area contributed by atoms with Crippen LogP contribution in [0.3, 0.4) is 0 Å². The SMILES string of the molecule is C=CCc1cc(N)ccc1NO. The van der Waals surface area contributed by atoms with E-state index in [1.807, 2.05) is 0 Å². The van der Waals surface area contributed by atoms with E-state index in [2.05, 4.69) is 12.1 Å². The van der Waals surface area contributed by atoms with Crippen molar-refractivity contribution in [1.29, 1.82) is 0 Å². The number of allylic oxidation sites excluding steroid dienone is 1. The molecule has 1 rings (SSSR count). The molecule has 0 atom stereocenters. The van der Waals surface area contributed by atoms with E-state index in [0.717, 1.165) is 5.56 Å². The second-order valence-corrected chi connectivity index (χ2v) is 2.52. The van der Waals surface area contributed by atoms with Crippen LogP contribution in [-0.2, 0) is 6.42 Å². The molecule has 0 saturated heterocycles. The van der Waals surface area contributed by atoms with Crippen molar-refractivity contribution >= 4 is 11.4 Å². The van der Waals surface area contributed by atoms with E-state index in [-0.39, 0.29) is 0 Å². The van der Waals surface area contributed by atoms with Gasteiger partial charge >= 0.3 is 0 Å². The number of rotatable bonds is 3. The van der Waals surface area contributed by atoms with Crippen LogP contribution >= 0.6 is 0 Å². The standard InChI is InChI=1S/C9H12N2O/c1-2-3-7-6-8(10)4-5-9(7)11-12/h2,4-6,11-12H,1,3,10H2. The summed E-state index contributed by atoms with van der Waals surface area (Å²) in [4.78, 5) is 0. The van der Waals surface area contributed by atoms with E-state index < -0.39 is 0 Å². The van der Waals surface area contributed by atoms with Crippen molar-refractivity contribution in [3.8, 4) is 0 Å². The average molecular weight is 164 g/mol. The fourth-order valence-corrected chi connectivity index (χ4v) is 1.05. The van der Waals surface area contributed by atoms with Crippen LogP contribution < -0.4 is 11.2 Å². The number of nitrogen functional groups attached to an aromatic ring is 1. The molecule has 4 N–H and O–H groups in total. The molecule has 0 heterocycles. The molecule has 0 aliphatic carbocycles. The van der Waals surface area contributed by atoms with Crippen LogP contribution in [0.25, 0.3) is 0 Å². The van der Waals surface area contributed by atoms with E-state index in [1.165, 1.54) is 0 Å². The summed E-state index contributed by atoms with van der Waals surface area (Å²) in [6, 6.07) is 5.26. The Morgan fingerprint density at radius 3 is 2.92 bits per heavy atom.